The molecular weight excluding hydrogens is 264 g/mol. The summed E-state index contributed by atoms with van der Waals surface area (Å²) in [5.74, 6) is 0. The molecule has 110 valence electrons. The summed E-state index contributed by atoms with van der Waals surface area (Å²) in [5.41, 5.74) is 8.11. The van der Waals surface area contributed by atoms with Gasteiger partial charge in [0, 0.05) is 0 Å². The Bertz CT molecular complexity index is 852. The molecule has 3 aromatic rings. The summed E-state index contributed by atoms with van der Waals surface area (Å²) in [6.45, 7) is 8.91. The fraction of sp³-hybridized carbons (Fsp3) is 0.182. The lowest BCUT2D eigenvalue weighted by molar-refractivity contribution is 1.25. The van der Waals surface area contributed by atoms with E-state index in [0.29, 0.717) is 0 Å². The van der Waals surface area contributed by atoms with Gasteiger partial charge in [0.1, 0.15) is 0 Å². The Balaban J connectivity index is 2.09. The van der Waals surface area contributed by atoms with Gasteiger partial charge in [-0.05, 0) is 77.9 Å². The summed E-state index contributed by atoms with van der Waals surface area (Å²) in [4.78, 5) is 0. The molecule has 3 aromatic carbocycles. The summed E-state index contributed by atoms with van der Waals surface area (Å²) < 4.78 is 0. The summed E-state index contributed by atoms with van der Waals surface area (Å²) >= 11 is 0. The highest BCUT2D eigenvalue weighted by Gasteiger charge is 2.08. The number of rotatable bonds is 2. The molecule has 0 saturated heterocycles. The molecule has 0 N–H and O–H groups in total. The smallest absolute Gasteiger partial charge is 0.0143 e. The molecule has 0 unspecified atom stereocenters. The first-order chi connectivity index (χ1) is 10.6. The van der Waals surface area contributed by atoms with Gasteiger partial charge in [-0.15, -0.1) is 0 Å². The van der Waals surface area contributed by atoms with Crippen LogP contribution < -0.4 is 0 Å². The molecule has 0 fully saturated rings. The van der Waals surface area contributed by atoms with Gasteiger partial charge in [-0.1, -0.05) is 54.6 Å². The molecule has 22 heavy (non-hydrogen) atoms. The predicted octanol–water partition coefficient (Wildman–Crippen LogP) is 6.24. The molecule has 0 aliphatic carbocycles. The number of fused-ring (bicyclic) bond motifs is 1. The largest absolute Gasteiger partial charge is 0.0622 e. The molecule has 0 saturated carbocycles. The first-order valence-electron chi connectivity index (χ1n) is 7.81. The third kappa shape index (κ3) is 2.57. The fourth-order valence-electron chi connectivity index (χ4n) is 3.03. The molecule has 0 aliphatic heterocycles. The first kappa shape index (κ1) is 14.6. The van der Waals surface area contributed by atoms with E-state index in [1.807, 2.05) is 6.07 Å². The van der Waals surface area contributed by atoms with Gasteiger partial charge >= 0.3 is 0 Å². The zero-order valence-electron chi connectivity index (χ0n) is 13.8. The average Bonchev–Trinajstić information content (AvgIpc) is 2.57. The molecule has 0 radical (unpaired) electrons. The van der Waals surface area contributed by atoms with Crippen molar-refractivity contribution in [1.29, 1.82) is 0 Å². The van der Waals surface area contributed by atoms with E-state index in [1.165, 1.54) is 44.2 Å². The van der Waals surface area contributed by atoms with Crippen LogP contribution in [0.3, 0.4) is 0 Å². The van der Waals surface area contributed by atoms with E-state index in [2.05, 4.69) is 82.3 Å². The lowest BCUT2D eigenvalue weighted by atomic mass is 9.91. The maximum absolute atomic E-state index is 2.31. The second kappa shape index (κ2) is 5.81. The average molecular weight is 286 g/mol. The standard InChI is InChI=1S/C22H22/c1-15-16(2)18(4)22-14-20(12-13-21(22)17(15)3)11-10-19-8-6-5-7-9-19/h5-14H,1-4H3. The van der Waals surface area contributed by atoms with Gasteiger partial charge in [-0.2, -0.15) is 0 Å². The number of hydrogen-bond acceptors (Lipinski definition) is 0. The normalized spacial score (nSPS) is 11.5. The summed E-state index contributed by atoms with van der Waals surface area (Å²) in [5, 5.41) is 2.74. The Morgan fingerprint density at radius 3 is 1.82 bits per heavy atom. The van der Waals surface area contributed by atoms with Crippen LogP contribution in [0.25, 0.3) is 22.9 Å². The van der Waals surface area contributed by atoms with E-state index >= 15 is 0 Å². The topological polar surface area (TPSA) is 0 Å². The van der Waals surface area contributed by atoms with E-state index in [1.54, 1.807) is 0 Å². The minimum Gasteiger partial charge on any atom is -0.0622 e. The number of hydrogen-bond donors (Lipinski definition) is 0. The SMILES string of the molecule is Cc1c(C)c(C)c2cc(C=Cc3ccccc3)ccc2c1C. The van der Waals surface area contributed by atoms with E-state index in [4.69, 9.17) is 0 Å². The van der Waals surface area contributed by atoms with Crippen LogP contribution in [0.1, 0.15) is 33.4 Å². The Kier molecular flexibility index (Phi) is 3.85. The Labute approximate surface area is 133 Å². The van der Waals surface area contributed by atoms with Gasteiger partial charge in [0.15, 0.2) is 0 Å². The minimum absolute atomic E-state index is 1.23. The summed E-state index contributed by atoms with van der Waals surface area (Å²) in [6, 6.07) is 17.2. The second-order valence-electron chi connectivity index (χ2n) is 6.05. The van der Waals surface area contributed by atoms with E-state index in [0.717, 1.165) is 0 Å². The van der Waals surface area contributed by atoms with Crippen LogP contribution in [0.5, 0.6) is 0 Å². The van der Waals surface area contributed by atoms with Crippen LogP contribution >= 0.6 is 0 Å². The molecule has 0 atom stereocenters. The van der Waals surface area contributed by atoms with Crippen LogP contribution in [-0.4, -0.2) is 0 Å². The zero-order valence-corrected chi connectivity index (χ0v) is 13.8. The monoisotopic (exact) mass is 286 g/mol. The molecule has 0 bridgehead atoms. The van der Waals surface area contributed by atoms with Crippen LogP contribution in [0.4, 0.5) is 0 Å². The van der Waals surface area contributed by atoms with Crippen LogP contribution in [-0.2, 0) is 0 Å². The van der Waals surface area contributed by atoms with Gasteiger partial charge < -0.3 is 0 Å². The van der Waals surface area contributed by atoms with Gasteiger partial charge in [0.05, 0.1) is 0 Å². The van der Waals surface area contributed by atoms with E-state index in [9.17, 15) is 0 Å². The molecule has 0 heteroatoms. The molecule has 0 spiro atoms. The molecule has 0 aromatic heterocycles. The number of benzene rings is 3. The maximum atomic E-state index is 2.31. The summed E-state index contributed by atoms with van der Waals surface area (Å²) in [6.07, 6.45) is 4.36. The quantitative estimate of drug-likeness (QED) is 0.489. The van der Waals surface area contributed by atoms with Crippen molar-refractivity contribution in [3.63, 3.8) is 0 Å². The van der Waals surface area contributed by atoms with Crippen LogP contribution in [0.2, 0.25) is 0 Å². The van der Waals surface area contributed by atoms with Crippen molar-refractivity contribution >= 4 is 22.9 Å². The highest BCUT2D eigenvalue weighted by Crippen LogP contribution is 2.30. The lowest BCUT2D eigenvalue weighted by Gasteiger charge is -2.14. The number of aryl methyl sites for hydroxylation is 2. The third-order valence-corrected chi connectivity index (χ3v) is 4.81. The first-order valence-corrected chi connectivity index (χ1v) is 7.81. The fourth-order valence-corrected chi connectivity index (χ4v) is 3.03. The van der Waals surface area contributed by atoms with Crippen molar-refractivity contribution in [2.75, 3.05) is 0 Å². The summed E-state index contributed by atoms with van der Waals surface area (Å²) in [7, 11) is 0. The van der Waals surface area contributed by atoms with Crippen molar-refractivity contribution in [1.82, 2.24) is 0 Å². The predicted molar refractivity (Wildman–Crippen MR) is 98.3 cm³/mol. The van der Waals surface area contributed by atoms with Crippen LogP contribution in [0.15, 0.2) is 48.5 Å². The molecular formula is C22H22. The van der Waals surface area contributed by atoms with Crippen molar-refractivity contribution in [3.8, 4) is 0 Å². The Hall–Kier alpha value is -2.34. The maximum Gasteiger partial charge on any atom is -0.0143 e. The van der Waals surface area contributed by atoms with Gasteiger partial charge in [0.25, 0.3) is 0 Å². The van der Waals surface area contributed by atoms with Crippen LogP contribution in [0, 0.1) is 27.7 Å². The van der Waals surface area contributed by atoms with Crippen molar-refractivity contribution in [3.05, 3.63) is 81.9 Å². The molecule has 0 aliphatic rings. The molecule has 0 amide bonds. The van der Waals surface area contributed by atoms with Gasteiger partial charge in [-0.3, -0.25) is 0 Å². The second-order valence-corrected chi connectivity index (χ2v) is 6.05. The Morgan fingerprint density at radius 2 is 1.14 bits per heavy atom. The van der Waals surface area contributed by atoms with E-state index in [-0.39, 0.29) is 0 Å². The van der Waals surface area contributed by atoms with E-state index < -0.39 is 0 Å². The third-order valence-electron chi connectivity index (χ3n) is 4.81. The lowest BCUT2D eigenvalue weighted by Crippen LogP contribution is -1.94. The van der Waals surface area contributed by atoms with Crippen molar-refractivity contribution in [2.24, 2.45) is 0 Å². The minimum atomic E-state index is 1.23. The van der Waals surface area contributed by atoms with Gasteiger partial charge in [-0.25, -0.2) is 0 Å². The molecule has 0 heterocycles. The highest BCUT2D eigenvalue weighted by atomic mass is 14.1. The Morgan fingerprint density at radius 1 is 0.545 bits per heavy atom. The highest BCUT2D eigenvalue weighted by molar-refractivity contribution is 5.92. The zero-order chi connectivity index (χ0) is 15.7. The molecule has 0 nitrogen and oxygen atoms in total. The van der Waals surface area contributed by atoms with Crippen molar-refractivity contribution in [2.45, 2.75) is 27.7 Å². The van der Waals surface area contributed by atoms with Crippen molar-refractivity contribution < 1.29 is 0 Å². The molecule has 3 rings (SSSR count). The van der Waals surface area contributed by atoms with Gasteiger partial charge in [0.2, 0.25) is 0 Å².